The minimum absolute atomic E-state index is 0.156. The first kappa shape index (κ1) is 23.3. The van der Waals surface area contributed by atoms with Crippen molar-refractivity contribution < 1.29 is 19.8 Å². The highest BCUT2D eigenvalue weighted by Crippen LogP contribution is 2.32. The molecule has 0 aromatic rings. The first-order chi connectivity index (χ1) is 9.33. The van der Waals surface area contributed by atoms with Crippen molar-refractivity contribution in [3.63, 3.8) is 0 Å². The van der Waals surface area contributed by atoms with Crippen LogP contribution in [0.1, 0.15) is 12.8 Å². The Morgan fingerprint density at radius 3 is 1.30 bits per heavy atom. The van der Waals surface area contributed by atoms with Gasteiger partial charge in [-0.3, -0.25) is 9.59 Å². The fourth-order valence-electron chi connectivity index (χ4n) is 0.674. The summed E-state index contributed by atoms with van der Waals surface area (Å²) >= 11 is 19.8. The SMILES string of the molecule is O=C(O)CCS.O=C(O)CCS.SC1CSC(S)CS1. The minimum atomic E-state index is -0.787. The third kappa shape index (κ3) is 21.3. The van der Waals surface area contributed by atoms with E-state index >= 15 is 0 Å². The summed E-state index contributed by atoms with van der Waals surface area (Å²) in [5.74, 6) is 1.56. The zero-order valence-corrected chi connectivity index (χ0v) is 15.9. The van der Waals surface area contributed by atoms with Crippen LogP contribution in [0.25, 0.3) is 0 Å². The highest BCUT2D eigenvalue weighted by Gasteiger charge is 2.15. The zero-order chi connectivity index (χ0) is 16.0. The van der Waals surface area contributed by atoms with E-state index in [2.05, 4.69) is 50.5 Å². The van der Waals surface area contributed by atoms with Crippen LogP contribution in [0.3, 0.4) is 0 Å². The van der Waals surface area contributed by atoms with Gasteiger partial charge in [0.25, 0.3) is 0 Å². The van der Waals surface area contributed by atoms with E-state index in [1.807, 2.05) is 23.5 Å². The predicted octanol–water partition coefficient (Wildman–Crippen LogP) is 2.76. The van der Waals surface area contributed by atoms with Gasteiger partial charge < -0.3 is 10.2 Å². The van der Waals surface area contributed by atoms with Crippen molar-refractivity contribution in [3.05, 3.63) is 0 Å². The molecule has 20 heavy (non-hydrogen) atoms. The largest absolute Gasteiger partial charge is 0.481 e. The summed E-state index contributed by atoms with van der Waals surface area (Å²) in [5.41, 5.74) is 0. The van der Waals surface area contributed by atoms with E-state index in [4.69, 9.17) is 10.2 Å². The molecular weight excluding hydrogens is 377 g/mol. The van der Waals surface area contributed by atoms with Gasteiger partial charge in [0, 0.05) is 23.0 Å². The van der Waals surface area contributed by atoms with E-state index in [1.54, 1.807) is 0 Å². The van der Waals surface area contributed by atoms with Gasteiger partial charge in [-0.05, 0) is 0 Å². The number of carbonyl (C=O) groups is 2. The smallest absolute Gasteiger partial charge is 0.304 e. The number of carboxylic acid groups (broad SMARTS) is 2. The van der Waals surface area contributed by atoms with Crippen molar-refractivity contribution in [2.24, 2.45) is 0 Å². The second kappa shape index (κ2) is 16.4. The molecule has 2 N–H and O–H groups in total. The second-order valence-corrected chi connectivity index (χ2v) is 8.62. The molecule has 0 aliphatic carbocycles. The topological polar surface area (TPSA) is 74.6 Å². The predicted molar refractivity (Wildman–Crippen MR) is 103 cm³/mol. The number of aliphatic carboxylic acids is 2. The lowest BCUT2D eigenvalue weighted by atomic mass is 10.5. The molecule has 1 fully saturated rings. The maximum Gasteiger partial charge on any atom is 0.304 e. The van der Waals surface area contributed by atoms with Gasteiger partial charge in [0.05, 0.1) is 22.0 Å². The standard InChI is InChI=1S/C4H8S4.2C3H6O2S/c5-3-1-7-4(6)2-8-3;2*4-3(5)1-2-6/h3-6H,1-2H2;2*6H,1-2H2,(H,4,5). The van der Waals surface area contributed by atoms with Gasteiger partial charge in [0.2, 0.25) is 0 Å². The van der Waals surface area contributed by atoms with Crippen molar-refractivity contribution in [2.45, 2.75) is 22.0 Å². The Balaban J connectivity index is 0. The third-order valence-corrected chi connectivity index (χ3v) is 6.29. The van der Waals surface area contributed by atoms with Gasteiger partial charge in [-0.2, -0.15) is 50.5 Å². The molecule has 0 radical (unpaired) electrons. The molecule has 1 heterocycles. The molecule has 1 aliphatic heterocycles. The normalized spacial score (nSPS) is 20.8. The average molecular weight is 397 g/mol. The van der Waals surface area contributed by atoms with Crippen LogP contribution in [-0.4, -0.2) is 54.3 Å². The first-order valence-corrected chi connectivity index (χ1v) is 9.97. The number of hydrogen-bond acceptors (Lipinski definition) is 8. The van der Waals surface area contributed by atoms with Crippen LogP contribution in [0.2, 0.25) is 0 Å². The Bertz CT molecular complexity index is 232. The minimum Gasteiger partial charge on any atom is -0.481 e. The molecule has 10 heteroatoms. The summed E-state index contributed by atoms with van der Waals surface area (Å²) < 4.78 is 1.09. The molecule has 0 amide bonds. The van der Waals surface area contributed by atoms with E-state index in [9.17, 15) is 9.59 Å². The van der Waals surface area contributed by atoms with E-state index in [0.29, 0.717) is 20.7 Å². The molecule has 1 rings (SSSR count). The van der Waals surface area contributed by atoms with Crippen molar-refractivity contribution in [1.29, 1.82) is 0 Å². The van der Waals surface area contributed by atoms with Crippen LogP contribution < -0.4 is 0 Å². The molecule has 0 spiro atoms. The number of thiol groups is 4. The number of rotatable bonds is 4. The van der Waals surface area contributed by atoms with Crippen LogP contribution in [0.5, 0.6) is 0 Å². The van der Waals surface area contributed by atoms with Crippen molar-refractivity contribution in [1.82, 2.24) is 0 Å². The molecule has 1 aliphatic rings. The third-order valence-electron chi connectivity index (χ3n) is 1.51. The van der Waals surface area contributed by atoms with Gasteiger partial charge in [-0.1, -0.05) is 0 Å². The Hall–Kier alpha value is 1.04. The van der Waals surface area contributed by atoms with Crippen molar-refractivity contribution in [3.8, 4) is 0 Å². The van der Waals surface area contributed by atoms with Crippen LogP contribution in [0.4, 0.5) is 0 Å². The second-order valence-electron chi connectivity index (χ2n) is 3.31. The lowest BCUT2D eigenvalue weighted by Crippen LogP contribution is -2.12. The van der Waals surface area contributed by atoms with Gasteiger partial charge in [0.15, 0.2) is 0 Å². The van der Waals surface area contributed by atoms with E-state index in [1.165, 1.54) is 0 Å². The Morgan fingerprint density at radius 1 is 0.900 bits per heavy atom. The van der Waals surface area contributed by atoms with Gasteiger partial charge in [0.1, 0.15) is 0 Å². The molecule has 2 atom stereocenters. The summed E-state index contributed by atoms with van der Waals surface area (Å²) in [4.78, 5) is 19.1. The van der Waals surface area contributed by atoms with E-state index in [-0.39, 0.29) is 12.8 Å². The number of hydrogen-bond donors (Lipinski definition) is 6. The fourth-order valence-corrected chi connectivity index (χ4v) is 4.10. The summed E-state index contributed by atoms with van der Waals surface area (Å²) in [7, 11) is 0. The average Bonchev–Trinajstić information content (AvgIpc) is 2.34. The molecule has 0 aromatic heterocycles. The quantitative estimate of drug-likeness (QED) is 0.411. The fraction of sp³-hybridized carbons (Fsp3) is 0.800. The number of thioether (sulfide) groups is 2. The molecule has 1 saturated heterocycles. The summed E-state index contributed by atoms with van der Waals surface area (Å²) in [6, 6.07) is 0. The summed E-state index contributed by atoms with van der Waals surface area (Å²) in [6.07, 6.45) is 0.312. The summed E-state index contributed by atoms with van der Waals surface area (Å²) in [5, 5.41) is 15.7. The van der Waals surface area contributed by atoms with Crippen LogP contribution >= 0.6 is 74.0 Å². The Labute approximate surface area is 150 Å². The zero-order valence-electron chi connectivity index (χ0n) is 10.7. The highest BCUT2D eigenvalue weighted by atomic mass is 32.2. The highest BCUT2D eigenvalue weighted by molar-refractivity contribution is 8.18. The monoisotopic (exact) mass is 396 g/mol. The van der Waals surface area contributed by atoms with Gasteiger partial charge >= 0.3 is 11.9 Å². The molecule has 120 valence electrons. The Morgan fingerprint density at radius 2 is 1.20 bits per heavy atom. The van der Waals surface area contributed by atoms with Crippen LogP contribution in [0.15, 0.2) is 0 Å². The molecule has 0 saturated carbocycles. The number of carboxylic acids is 2. The Kier molecular flexibility index (Phi) is 19.1. The van der Waals surface area contributed by atoms with Gasteiger partial charge in [-0.25, -0.2) is 0 Å². The molecule has 2 unspecified atom stereocenters. The first-order valence-electron chi connectivity index (χ1n) is 5.58. The lowest BCUT2D eigenvalue weighted by Gasteiger charge is -2.20. The van der Waals surface area contributed by atoms with Crippen molar-refractivity contribution in [2.75, 3.05) is 23.0 Å². The molecule has 0 bridgehead atoms. The maximum atomic E-state index is 9.55. The summed E-state index contributed by atoms with van der Waals surface area (Å²) in [6.45, 7) is 0. The van der Waals surface area contributed by atoms with Crippen LogP contribution in [0, 0.1) is 0 Å². The molecular formula is C10H20O4S6. The lowest BCUT2D eigenvalue weighted by molar-refractivity contribution is -0.137. The van der Waals surface area contributed by atoms with Crippen LogP contribution in [-0.2, 0) is 9.59 Å². The van der Waals surface area contributed by atoms with E-state index in [0.717, 1.165) is 11.5 Å². The van der Waals surface area contributed by atoms with Crippen molar-refractivity contribution >= 4 is 86.0 Å². The van der Waals surface area contributed by atoms with E-state index < -0.39 is 11.9 Å². The molecule has 4 nitrogen and oxygen atoms in total. The van der Waals surface area contributed by atoms with Gasteiger partial charge in [-0.15, -0.1) is 23.5 Å². The maximum absolute atomic E-state index is 9.55. The molecule has 0 aromatic carbocycles.